The highest BCUT2D eigenvalue weighted by molar-refractivity contribution is 6.16. The van der Waals surface area contributed by atoms with Gasteiger partial charge in [-0.2, -0.15) is 0 Å². The van der Waals surface area contributed by atoms with Crippen LogP contribution in [0.15, 0.2) is 29.5 Å². The first-order valence-corrected chi connectivity index (χ1v) is 3.81. The number of aryl methyl sites for hydroxylation is 1. The van der Waals surface area contributed by atoms with Gasteiger partial charge in [-0.15, -0.1) is 0 Å². The van der Waals surface area contributed by atoms with E-state index in [4.69, 9.17) is 5.11 Å². The van der Waals surface area contributed by atoms with Gasteiger partial charge in [0.05, 0.1) is 11.9 Å². The molecule has 12 heavy (non-hydrogen) atoms. The summed E-state index contributed by atoms with van der Waals surface area (Å²) in [6.07, 6.45) is 2.76. The molecule has 1 aromatic carbocycles. The molecule has 0 saturated carbocycles. The van der Waals surface area contributed by atoms with Crippen molar-refractivity contribution in [1.82, 2.24) is 0 Å². The van der Waals surface area contributed by atoms with Crippen molar-refractivity contribution < 1.29 is 5.11 Å². The van der Waals surface area contributed by atoms with Crippen LogP contribution in [0.4, 0.5) is 5.69 Å². The summed E-state index contributed by atoms with van der Waals surface area (Å²) < 4.78 is 0. The van der Waals surface area contributed by atoms with Crippen LogP contribution in [-0.2, 0) is 0 Å². The molecule has 0 radical (unpaired) electrons. The number of fused-ring (bicyclic) bond motifs is 1. The second kappa shape index (κ2) is 2.48. The predicted molar refractivity (Wildman–Crippen MR) is 49.9 cm³/mol. The number of nitrogens with zero attached hydrogens (tertiary/aromatic N) is 1. The van der Waals surface area contributed by atoms with Crippen molar-refractivity contribution >= 4 is 17.5 Å². The van der Waals surface area contributed by atoms with E-state index in [9.17, 15) is 0 Å². The van der Waals surface area contributed by atoms with Crippen LogP contribution in [0.2, 0.25) is 0 Å². The van der Waals surface area contributed by atoms with Gasteiger partial charge in [-0.3, -0.25) is 4.99 Å². The number of aliphatic imine (C=N–C) groups is 1. The summed E-state index contributed by atoms with van der Waals surface area (Å²) in [5, 5.41) is 8.83. The Kier molecular flexibility index (Phi) is 1.47. The first-order chi connectivity index (χ1) is 5.81. The minimum Gasteiger partial charge on any atom is -0.515 e. The molecule has 0 amide bonds. The van der Waals surface area contributed by atoms with Crippen molar-refractivity contribution in [2.45, 2.75) is 6.92 Å². The maximum absolute atomic E-state index is 8.83. The molecule has 0 spiro atoms. The fourth-order valence-electron chi connectivity index (χ4n) is 1.30. The molecular formula is C10H9NO. The van der Waals surface area contributed by atoms with Gasteiger partial charge < -0.3 is 5.11 Å². The second-order valence-electron chi connectivity index (χ2n) is 2.86. The van der Waals surface area contributed by atoms with E-state index in [0.29, 0.717) is 0 Å². The van der Waals surface area contributed by atoms with Crippen molar-refractivity contribution in [2.24, 2.45) is 4.99 Å². The highest BCUT2D eigenvalue weighted by atomic mass is 16.2. The van der Waals surface area contributed by atoms with Gasteiger partial charge in [-0.1, -0.05) is 12.1 Å². The Labute approximate surface area is 70.9 Å². The second-order valence-corrected chi connectivity index (χ2v) is 2.86. The van der Waals surface area contributed by atoms with E-state index in [-0.39, 0.29) is 0 Å². The molecule has 0 aliphatic carbocycles. The Morgan fingerprint density at radius 2 is 2.25 bits per heavy atom. The van der Waals surface area contributed by atoms with Crippen LogP contribution in [-0.4, -0.2) is 11.3 Å². The van der Waals surface area contributed by atoms with E-state index in [1.54, 1.807) is 6.21 Å². The lowest BCUT2D eigenvalue weighted by Crippen LogP contribution is -1.79. The van der Waals surface area contributed by atoms with Crippen molar-refractivity contribution in [1.29, 1.82) is 0 Å². The molecule has 2 rings (SSSR count). The molecule has 0 saturated heterocycles. The largest absolute Gasteiger partial charge is 0.515 e. The Morgan fingerprint density at radius 1 is 1.42 bits per heavy atom. The molecule has 0 atom stereocenters. The molecule has 0 fully saturated rings. The third-order valence-corrected chi connectivity index (χ3v) is 1.95. The summed E-state index contributed by atoms with van der Waals surface area (Å²) in [5.41, 5.74) is 3.91. The molecule has 1 aliphatic heterocycles. The molecule has 0 aromatic heterocycles. The highest BCUT2D eigenvalue weighted by Crippen LogP contribution is 2.31. The van der Waals surface area contributed by atoms with E-state index in [1.807, 2.05) is 25.1 Å². The SMILES string of the molecule is Cc1ccc2c(c1)N=C/C2=C\O. The van der Waals surface area contributed by atoms with Crippen molar-refractivity contribution in [2.75, 3.05) is 0 Å². The average Bonchev–Trinajstić information content (AvgIpc) is 2.46. The number of allylic oxidation sites excluding steroid dienone is 1. The smallest absolute Gasteiger partial charge is 0.0886 e. The van der Waals surface area contributed by atoms with Gasteiger partial charge in [0.1, 0.15) is 0 Å². The molecule has 1 heterocycles. The number of rotatable bonds is 0. The molecule has 60 valence electrons. The lowest BCUT2D eigenvalue weighted by molar-refractivity contribution is 0.477. The molecule has 0 unspecified atom stereocenters. The van der Waals surface area contributed by atoms with Crippen LogP contribution < -0.4 is 0 Å². The zero-order chi connectivity index (χ0) is 8.55. The topological polar surface area (TPSA) is 32.6 Å². The van der Waals surface area contributed by atoms with Crippen LogP contribution in [0.1, 0.15) is 11.1 Å². The van der Waals surface area contributed by atoms with Gasteiger partial charge in [0.2, 0.25) is 0 Å². The quantitative estimate of drug-likeness (QED) is 0.580. The average molecular weight is 159 g/mol. The number of hydrogen-bond acceptors (Lipinski definition) is 2. The minimum atomic E-state index is 0.782. The van der Waals surface area contributed by atoms with Crippen LogP contribution in [0, 0.1) is 6.92 Å². The van der Waals surface area contributed by atoms with Gasteiger partial charge in [-0.25, -0.2) is 0 Å². The van der Waals surface area contributed by atoms with Crippen LogP contribution in [0.25, 0.3) is 5.57 Å². The van der Waals surface area contributed by atoms with Gasteiger partial charge >= 0.3 is 0 Å². The summed E-state index contributed by atoms with van der Waals surface area (Å²) >= 11 is 0. The molecule has 1 N–H and O–H groups in total. The Hall–Kier alpha value is -1.57. The van der Waals surface area contributed by atoms with E-state index in [1.165, 1.54) is 5.56 Å². The standard InChI is InChI=1S/C10H9NO/c1-7-2-3-9-8(6-12)5-11-10(9)4-7/h2-6,12H,1H3/b8-6+. The maximum Gasteiger partial charge on any atom is 0.0886 e. The first kappa shape index (κ1) is 7.10. The van der Waals surface area contributed by atoms with Gasteiger partial charge in [0, 0.05) is 17.4 Å². The first-order valence-electron chi connectivity index (χ1n) is 3.81. The number of aliphatic hydroxyl groups is 1. The van der Waals surface area contributed by atoms with Crippen molar-refractivity contribution in [3.63, 3.8) is 0 Å². The predicted octanol–water partition coefficient (Wildman–Crippen LogP) is 2.61. The molecule has 2 nitrogen and oxygen atoms in total. The Balaban J connectivity index is 2.61. The third-order valence-electron chi connectivity index (χ3n) is 1.95. The van der Waals surface area contributed by atoms with Crippen LogP contribution in [0.5, 0.6) is 0 Å². The van der Waals surface area contributed by atoms with Crippen molar-refractivity contribution in [3.8, 4) is 0 Å². The van der Waals surface area contributed by atoms with Crippen LogP contribution >= 0.6 is 0 Å². The lowest BCUT2D eigenvalue weighted by atomic mass is 10.1. The van der Waals surface area contributed by atoms with Crippen LogP contribution in [0.3, 0.4) is 0 Å². The monoisotopic (exact) mass is 159 g/mol. The fraction of sp³-hybridized carbons (Fsp3) is 0.100. The lowest BCUT2D eigenvalue weighted by Gasteiger charge is -1.98. The zero-order valence-electron chi connectivity index (χ0n) is 6.78. The molecule has 1 aliphatic rings. The van der Waals surface area contributed by atoms with Crippen molar-refractivity contribution in [3.05, 3.63) is 35.6 Å². The van der Waals surface area contributed by atoms with Gasteiger partial charge in [-0.05, 0) is 18.6 Å². The van der Waals surface area contributed by atoms with E-state index in [2.05, 4.69) is 4.99 Å². The summed E-state index contributed by atoms with van der Waals surface area (Å²) in [4.78, 5) is 4.16. The number of benzene rings is 1. The van der Waals surface area contributed by atoms with E-state index in [0.717, 1.165) is 23.1 Å². The third kappa shape index (κ3) is 0.925. The number of hydrogen-bond donors (Lipinski definition) is 1. The Bertz CT molecular complexity index is 377. The molecule has 1 aromatic rings. The zero-order valence-corrected chi connectivity index (χ0v) is 6.78. The van der Waals surface area contributed by atoms with Gasteiger partial charge in [0.25, 0.3) is 0 Å². The normalized spacial score (nSPS) is 16.9. The number of aliphatic hydroxyl groups excluding tert-OH is 1. The molecule has 0 bridgehead atoms. The molecular weight excluding hydrogens is 150 g/mol. The minimum absolute atomic E-state index is 0.782. The Morgan fingerprint density at radius 3 is 3.00 bits per heavy atom. The summed E-state index contributed by atoms with van der Waals surface area (Å²) in [6.45, 7) is 2.02. The highest BCUT2D eigenvalue weighted by Gasteiger charge is 2.10. The fourth-order valence-corrected chi connectivity index (χ4v) is 1.30. The summed E-state index contributed by atoms with van der Waals surface area (Å²) in [5.74, 6) is 0. The summed E-state index contributed by atoms with van der Waals surface area (Å²) in [7, 11) is 0. The van der Waals surface area contributed by atoms with E-state index < -0.39 is 0 Å². The van der Waals surface area contributed by atoms with E-state index >= 15 is 0 Å². The molecule has 2 heteroatoms. The maximum atomic E-state index is 8.83. The van der Waals surface area contributed by atoms with Gasteiger partial charge in [0.15, 0.2) is 0 Å². The summed E-state index contributed by atoms with van der Waals surface area (Å²) in [6, 6.07) is 5.99.